The molecule has 0 bridgehead atoms. The van der Waals surface area contributed by atoms with Crippen molar-refractivity contribution in [1.82, 2.24) is 4.90 Å². The van der Waals surface area contributed by atoms with Crippen LogP contribution < -0.4 is 5.43 Å². The average Bonchev–Trinajstić information content (AvgIpc) is 2.78. The summed E-state index contributed by atoms with van der Waals surface area (Å²) in [5.41, 5.74) is 0.209. The molecule has 0 spiro atoms. The standard InChI is InChI=1S/C16H11Cl2NO3S2/c1-2-3-19-15(21)12(24-16(19)23)4-8-7-22-14-10(13(8)20)5-9(17)6-11(14)18/h4-7H,2-3H2,1H3/b12-4+. The number of carbonyl (C=O) groups excluding carboxylic acids is 1. The Hall–Kier alpha value is -1.34. The molecule has 124 valence electrons. The SMILES string of the molecule is CCCN1C(=O)/C(=C\c2coc3c(Cl)cc(Cl)cc3c2=O)SC1=S. The van der Waals surface area contributed by atoms with Crippen LogP contribution in [-0.4, -0.2) is 21.7 Å². The summed E-state index contributed by atoms with van der Waals surface area (Å²) in [4.78, 5) is 26.9. The summed E-state index contributed by atoms with van der Waals surface area (Å²) in [5.74, 6) is -0.199. The van der Waals surface area contributed by atoms with Crippen LogP contribution in [0.5, 0.6) is 0 Å². The topological polar surface area (TPSA) is 50.5 Å². The third-order valence-corrected chi connectivity index (χ3v) is 5.30. The van der Waals surface area contributed by atoms with Crippen LogP contribution in [0.2, 0.25) is 10.0 Å². The van der Waals surface area contributed by atoms with Gasteiger partial charge in [0, 0.05) is 11.6 Å². The predicted molar refractivity (Wildman–Crippen MR) is 103 cm³/mol. The monoisotopic (exact) mass is 399 g/mol. The first-order valence-corrected chi connectivity index (χ1v) is 9.06. The maximum atomic E-state index is 12.6. The molecule has 0 N–H and O–H groups in total. The Morgan fingerprint density at radius 3 is 2.79 bits per heavy atom. The van der Waals surface area contributed by atoms with E-state index in [1.54, 1.807) is 0 Å². The van der Waals surface area contributed by atoms with Crippen LogP contribution in [0.1, 0.15) is 18.9 Å². The highest BCUT2D eigenvalue weighted by Gasteiger charge is 2.31. The maximum absolute atomic E-state index is 12.6. The van der Waals surface area contributed by atoms with Gasteiger partial charge in [-0.05, 0) is 24.6 Å². The number of amides is 1. The smallest absolute Gasteiger partial charge is 0.266 e. The lowest BCUT2D eigenvalue weighted by atomic mass is 10.1. The number of benzene rings is 1. The fraction of sp³-hybridized carbons (Fsp3) is 0.188. The van der Waals surface area contributed by atoms with Crippen LogP contribution >= 0.6 is 47.2 Å². The van der Waals surface area contributed by atoms with Gasteiger partial charge in [-0.25, -0.2) is 0 Å². The van der Waals surface area contributed by atoms with E-state index in [9.17, 15) is 9.59 Å². The Bertz CT molecular complexity index is 952. The van der Waals surface area contributed by atoms with Gasteiger partial charge in [-0.1, -0.05) is 54.1 Å². The first-order valence-electron chi connectivity index (χ1n) is 7.08. The van der Waals surface area contributed by atoms with Crippen LogP contribution in [-0.2, 0) is 4.79 Å². The summed E-state index contributed by atoms with van der Waals surface area (Å²) in [6.07, 6.45) is 3.58. The zero-order valence-electron chi connectivity index (χ0n) is 12.5. The summed E-state index contributed by atoms with van der Waals surface area (Å²) in [6, 6.07) is 3.00. The maximum Gasteiger partial charge on any atom is 0.266 e. The molecule has 4 nitrogen and oxygen atoms in total. The number of carbonyl (C=O) groups is 1. The Morgan fingerprint density at radius 1 is 1.33 bits per heavy atom. The molecule has 1 aromatic carbocycles. The van der Waals surface area contributed by atoms with E-state index < -0.39 is 0 Å². The zero-order valence-corrected chi connectivity index (χ0v) is 15.6. The van der Waals surface area contributed by atoms with Crippen LogP contribution in [0.15, 0.2) is 32.5 Å². The van der Waals surface area contributed by atoms with Crippen molar-refractivity contribution in [3.63, 3.8) is 0 Å². The summed E-state index contributed by atoms with van der Waals surface area (Å²) in [7, 11) is 0. The van der Waals surface area contributed by atoms with Gasteiger partial charge in [0.2, 0.25) is 0 Å². The number of thioether (sulfide) groups is 1. The number of rotatable bonds is 3. The molecule has 0 unspecified atom stereocenters. The molecule has 0 aliphatic carbocycles. The van der Waals surface area contributed by atoms with E-state index in [-0.39, 0.29) is 32.9 Å². The lowest BCUT2D eigenvalue weighted by molar-refractivity contribution is -0.122. The van der Waals surface area contributed by atoms with E-state index in [0.717, 1.165) is 6.42 Å². The molecular weight excluding hydrogens is 389 g/mol. The van der Waals surface area contributed by atoms with E-state index in [1.807, 2.05) is 6.92 Å². The molecule has 8 heteroatoms. The van der Waals surface area contributed by atoms with Gasteiger partial charge in [0.25, 0.3) is 5.91 Å². The van der Waals surface area contributed by atoms with Crippen LogP contribution in [0.4, 0.5) is 0 Å². The molecular formula is C16H11Cl2NO3S2. The quantitative estimate of drug-likeness (QED) is 0.552. The van der Waals surface area contributed by atoms with Gasteiger partial charge in [-0.15, -0.1) is 0 Å². The third kappa shape index (κ3) is 3.11. The van der Waals surface area contributed by atoms with Gasteiger partial charge in [-0.3, -0.25) is 14.5 Å². The van der Waals surface area contributed by atoms with Gasteiger partial charge >= 0.3 is 0 Å². The molecule has 1 amide bonds. The molecule has 0 atom stereocenters. The van der Waals surface area contributed by atoms with Gasteiger partial charge < -0.3 is 4.42 Å². The summed E-state index contributed by atoms with van der Waals surface area (Å²) in [5, 5.41) is 0.868. The molecule has 1 aliphatic rings. The second-order valence-electron chi connectivity index (χ2n) is 5.12. The van der Waals surface area contributed by atoms with E-state index >= 15 is 0 Å². The first-order chi connectivity index (χ1) is 11.4. The van der Waals surface area contributed by atoms with Crippen molar-refractivity contribution in [1.29, 1.82) is 0 Å². The molecule has 0 radical (unpaired) electrons. The minimum atomic E-state index is -0.304. The minimum Gasteiger partial charge on any atom is -0.462 e. The highest BCUT2D eigenvalue weighted by molar-refractivity contribution is 8.26. The molecule has 3 rings (SSSR count). The van der Waals surface area contributed by atoms with Gasteiger partial charge in [-0.2, -0.15) is 0 Å². The van der Waals surface area contributed by atoms with Crippen LogP contribution in [0.3, 0.4) is 0 Å². The molecule has 1 saturated heterocycles. The second-order valence-corrected chi connectivity index (χ2v) is 7.64. The molecule has 2 aromatic rings. The van der Waals surface area contributed by atoms with Crippen molar-refractivity contribution in [2.45, 2.75) is 13.3 Å². The highest BCUT2D eigenvalue weighted by atomic mass is 35.5. The van der Waals surface area contributed by atoms with Crippen molar-refractivity contribution < 1.29 is 9.21 Å². The normalized spacial score (nSPS) is 16.6. The fourth-order valence-electron chi connectivity index (χ4n) is 2.34. The summed E-state index contributed by atoms with van der Waals surface area (Å²) < 4.78 is 5.94. The van der Waals surface area contributed by atoms with E-state index in [4.69, 9.17) is 39.8 Å². The molecule has 1 aliphatic heterocycles. The molecule has 0 saturated carbocycles. The largest absolute Gasteiger partial charge is 0.462 e. The minimum absolute atomic E-state index is 0.199. The van der Waals surface area contributed by atoms with Crippen molar-refractivity contribution >= 4 is 74.5 Å². The third-order valence-electron chi connectivity index (χ3n) is 3.43. The van der Waals surface area contributed by atoms with Gasteiger partial charge in [0.1, 0.15) is 10.6 Å². The predicted octanol–water partition coefficient (Wildman–Crippen LogP) is 4.71. The Labute approximate surface area is 157 Å². The number of hydrogen-bond donors (Lipinski definition) is 0. The van der Waals surface area contributed by atoms with Gasteiger partial charge in [0.15, 0.2) is 11.0 Å². The summed E-state index contributed by atoms with van der Waals surface area (Å²) in [6.45, 7) is 2.52. The van der Waals surface area contributed by atoms with Crippen molar-refractivity contribution in [3.8, 4) is 0 Å². The average molecular weight is 400 g/mol. The number of halogens is 2. The Balaban J connectivity index is 2.08. The van der Waals surface area contributed by atoms with Crippen LogP contribution in [0.25, 0.3) is 17.0 Å². The van der Waals surface area contributed by atoms with Crippen molar-refractivity contribution in [3.05, 3.63) is 49.1 Å². The Kier molecular flexibility index (Phi) is 5.01. The molecule has 1 aromatic heterocycles. The van der Waals surface area contributed by atoms with E-state index in [2.05, 4.69) is 0 Å². The Morgan fingerprint density at radius 2 is 2.08 bits per heavy atom. The lowest BCUT2D eigenvalue weighted by Gasteiger charge is -2.11. The van der Waals surface area contributed by atoms with Crippen molar-refractivity contribution in [2.75, 3.05) is 6.54 Å². The van der Waals surface area contributed by atoms with E-state index in [1.165, 1.54) is 41.1 Å². The van der Waals surface area contributed by atoms with Crippen LogP contribution in [0, 0.1) is 0 Å². The first kappa shape index (κ1) is 17.5. The van der Waals surface area contributed by atoms with Crippen molar-refractivity contribution in [2.24, 2.45) is 0 Å². The highest BCUT2D eigenvalue weighted by Crippen LogP contribution is 2.33. The number of hydrogen-bond acceptors (Lipinski definition) is 5. The number of thiocarbonyl (C=S) groups is 1. The summed E-state index contributed by atoms with van der Waals surface area (Å²) >= 11 is 18.4. The fourth-order valence-corrected chi connectivity index (χ4v) is 4.17. The number of fused-ring (bicyclic) bond motifs is 1. The molecule has 1 fully saturated rings. The van der Waals surface area contributed by atoms with Gasteiger partial charge in [0.05, 0.1) is 20.9 Å². The number of nitrogens with zero attached hydrogens (tertiary/aromatic N) is 1. The second kappa shape index (κ2) is 6.88. The lowest BCUT2D eigenvalue weighted by Crippen LogP contribution is -2.28. The molecule has 24 heavy (non-hydrogen) atoms. The molecule has 2 heterocycles. The zero-order chi connectivity index (χ0) is 17.4. The van der Waals surface area contributed by atoms with E-state index in [0.29, 0.717) is 20.8 Å².